The van der Waals surface area contributed by atoms with Crippen LogP contribution < -0.4 is 0 Å². The third-order valence-electron chi connectivity index (χ3n) is 2.79. The molecule has 1 heterocycles. The molecule has 1 aromatic heterocycles. The minimum atomic E-state index is 0.125. The quantitative estimate of drug-likeness (QED) is 0.754. The first-order valence-electron chi connectivity index (χ1n) is 6.08. The molecule has 0 spiro atoms. The molecule has 6 nitrogen and oxygen atoms in total. The zero-order valence-electron chi connectivity index (χ0n) is 10.8. The first-order chi connectivity index (χ1) is 10.2. The van der Waals surface area contributed by atoms with Crippen LogP contribution in [0.2, 0.25) is 5.02 Å². The predicted molar refractivity (Wildman–Crippen MR) is 79.5 cm³/mol. The molecular formula is C14H10ClN5O. The Morgan fingerprint density at radius 1 is 1.19 bits per heavy atom. The van der Waals surface area contributed by atoms with Crippen LogP contribution in [-0.4, -0.2) is 31.5 Å². The predicted octanol–water partition coefficient (Wildman–Crippen LogP) is 2.77. The highest BCUT2D eigenvalue weighted by Crippen LogP contribution is 2.21. The molecule has 0 atom stereocenters. The van der Waals surface area contributed by atoms with Gasteiger partial charge in [0, 0.05) is 16.8 Å². The molecule has 104 valence electrons. The Hall–Kier alpha value is -2.73. The van der Waals surface area contributed by atoms with E-state index in [1.54, 1.807) is 18.3 Å². The van der Waals surface area contributed by atoms with Gasteiger partial charge in [0.05, 0.1) is 11.4 Å². The van der Waals surface area contributed by atoms with Crippen LogP contribution in [0, 0.1) is 0 Å². The Morgan fingerprint density at radius 2 is 2.10 bits per heavy atom. The van der Waals surface area contributed by atoms with Crippen molar-refractivity contribution in [3.05, 3.63) is 59.4 Å². The smallest absolute Gasteiger partial charge is 0.143 e. The molecule has 0 saturated carbocycles. The summed E-state index contributed by atoms with van der Waals surface area (Å²) in [6.45, 7) is 0. The highest BCUT2D eigenvalue weighted by Gasteiger charge is 2.01. The van der Waals surface area contributed by atoms with Crippen molar-refractivity contribution < 1.29 is 5.11 Å². The van der Waals surface area contributed by atoms with Crippen LogP contribution in [0.1, 0.15) is 5.56 Å². The number of hydrogen-bond donors (Lipinski definition) is 1. The van der Waals surface area contributed by atoms with Gasteiger partial charge in [-0.3, -0.25) is 4.99 Å². The lowest BCUT2D eigenvalue weighted by Crippen LogP contribution is -1.94. The van der Waals surface area contributed by atoms with Gasteiger partial charge in [0.1, 0.15) is 12.1 Å². The van der Waals surface area contributed by atoms with E-state index in [0.29, 0.717) is 16.3 Å². The van der Waals surface area contributed by atoms with Gasteiger partial charge < -0.3 is 5.11 Å². The lowest BCUT2D eigenvalue weighted by Gasteiger charge is -2.01. The van der Waals surface area contributed by atoms with Crippen LogP contribution >= 0.6 is 11.6 Å². The summed E-state index contributed by atoms with van der Waals surface area (Å²) in [5, 5.41) is 21.3. The summed E-state index contributed by atoms with van der Waals surface area (Å²) in [6.07, 6.45) is 3.06. The van der Waals surface area contributed by atoms with Crippen molar-refractivity contribution in [2.75, 3.05) is 0 Å². The maximum absolute atomic E-state index is 9.74. The molecule has 7 heteroatoms. The lowest BCUT2D eigenvalue weighted by molar-refractivity contribution is 0.474. The van der Waals surface area contributed by atoms with Crippen LogP contribution in [0.3, 0.4) is 0 Å². The third-order valence-corrected chi connectivity index (χ3v) is 3.02. The topological polar surface area (TPSA) is 76.2 Å². The second-order valence-corrected chi connectivity index (χ2v) is 4.67. The van der Waals surface area contributed by atoms with Gasteiger partial charge in [0.15, 0.2) is 0 Å². The molecule has 1 N–H and O–H groups in total. The summed E-state index contributed by atoms with van der Waals surface area (Å²) in [6, 6.07) is 12.2. The summed E-state index contributed by atoms with van der Waals surface area (Å²) in [5.74, 6) is 0.125. The Labute approximate surface area is 125 Å². The van der Waals surface area contributed by atoms with Crippen molar-refractivity contribution in [3.8, 4) is 11.4 Å². The maximum atomic E-state index is 9.74. The minimum absolute atomic E-state index is 0.125. The molecular weight excluding hydrogens is 290 g/mol. The number of aromatic nitrogens is 4. The van der Waals surface area contributed by atoms with Crippen molar-refractivity contribution in [2.24, 2.45) is 4.99 Å². The van der Waals surface area contributed by atoms with E-state index in [1.807, 2.05) is 24.3 Å². The zero-order valence-corrected chi connectivity index (χ0v) is 11.5. The summed E-state index contributed by atoms with van der Waals surface area (Å²) < 4.78 is 1.54. The van der Waals surface area contributed by atoms with Gasteiger partial charge in [-0.05, 0) is 46.8 Å². The number of aliphatic imine (C=N–C) groups is 1. The van der Waals surface area contributed by atoms with E-state index < -0.39 is 0 Å². The summed E-state index contributed by atoms with van der Waals surface area (Å²) in [7, 11) is 0. The Bertz CT molecular complexity index is 786. The molecule has 2 aromatic carbocycles. The molecule has 3 rings (SSSR count). The van der Waals surface area contributed by atoms with E-state index in [4.69, 9.17) is 11.6 Å². The van der Waals surface area contributed by atoms with E-state index in [2.05, 4.69) is 20.5 Å². The first kappa shape index (κ1) is 13.3. The summed E-state index contributed by atoms with van der Waals surface area (Å²) in [5.41, 5.74) is 2.06. The summed E-state index contributed by atoms with van der Waals surface area (Å²) >= 11 is 5.89. The van der Waals surface area contributed by atoms with Gasteiger partial charge in [0.2, 0.25) is 0 Å². The molecule has 0 aliphatic rings. The van der Waals surface area contributed by atoms with Gasteiger partial charge >= 0.3 is 0 Å². The number of benzene rings is 2. The van der Waals surface area contributed by atoms with Crippen molar-refractivity contribution in [3.63, 3.8) is 0 Å². The average Bonchev–Trinajstić information content (AvgIpc) is 3.03. The summed E-state index contributed by atoms with van der Waals surface area (Å²) in [4.78, 5) is 4.32. The molecule has 0 aliphatic heterocycles. The van der Waals surface area contributed by atoms with Gasteiger partial charge in [-0.15, -0.1) is 5.10 Å². The molecule has 0 unspecified atom stereocenters. The highest BCUT2D eigenvalue weighted by atomic mass is 35.5. The van der Waals surface area contributed by atoms with Gasteiger partial charge in [-0.1, -0.05) is 17.7 Å². The molecule has 0 saturated heterocycles. The molecule has 21 heavy (non-hydrogen) atoms. The second kappa shape index (κ2) is 5.72. The molecule has 0 amide bonds. The van der Waals surface area contributed by atoms with Crippen LogP contribution in [-0.2, 0) is 0 Å². The number of phenolic OH excluding ortho intramolecular Hbond substituents is 1. The number of tetrazole rings is 1. The van der Waals surface area contributed by atoms with E-state index in [9.17, 15) is 5.11 Å². The fourth-order valence-electron chi connectivity index (χ4n) is 1.77. The molecule has 3 aromatic rings. The number of rotatable bonds is 3. The fraction of sp³-hybridized carbons (Fsp3) is 0. The van der Waals surface area contributed by atoms with Gasteiger partial charge in [-0.2, -0.15) is 0 Å². The lowest BCUT2D eigenvalue weighted by atomic mass is 10.2. The number of halogens is 1. The Morgan fingerprint density at radius 3 is 2.90 bits per heavy atom. The number of aromatic hydroxyl groups is 1. The fourth-order valence-corrected chi connectivity index (χ4v) is 1.95. The largest absolute Gasteiger partial charge is 0.507 e. The van der Waals surface area contributed by atoms with Crippen molar-refractivity contribution in [1.82, 2.24) is 20.2 Å². The normalized spacial score (nSPS) is 11.1. The van der Waals surface area contributed by atoms with E-state index in [-0.39, 0.29) is 5.75 Å². The minimum Gasteiger partial charge on any atom is -0.507 e. The number of phenols is 1. The number of nitrogens with zero attached hydrogens (tertiary/aromatic N) is 5. The highest BCUT2D eigenvalue weighted by molar-refractivity contribution is 6.30. The zero-order chi connectivity index (χ0) is 14.7. The Balaban J connectivity index is 1.90. The molecule has 0 fully saturated rings. The molecule has 0 radical (unpaired) electrons. The van der Waals surface area contributed by atoms with E-state index in [1.165, 1.54) is 17.1 Å². The van der Waals surface area contributed by atoms with Crippen molar-refractivity contribution >= 4 is 23.5 Å². The van der Waals surface area contributed by atoms with Crippen LogP contribution in [0.5, 0.6) is 5.75 Å². The number of hydrogen-bond acceptors (Lipinski definition) is 5. The first-order valence-corrected chi connectivity index (χ1v) is 6.46. The van der Waals surface area contributed by atoms with E-state index in [0.717, 1.165) is 5.69 Å². The average molecular weight is 300 g/mol. The maximum Gasteiger partial charge on any atom is 0.143 e. The monoisotopic (exact) mass is 299 g/mol. The third kappa shape index (κ3) is 3.06. The Kier molecular flexibility index (Phi) is 3.61. The van der Waals surface area contributed by atoms with Crippen molar-refractivity contribution in [1.29, 1.82) is 0 Å². The van der Waals surface area contributed by atoms with Gasteiger partial charge in [-0.25, -0.2) is 4.68 Å². The van der Waals surface area contributed by atoms with Crippen LogP contribution in [0.4, 0.5) is 5.69 Å². The standard InChI is InChI=1S/C14H10ClN5O/c15-11-4-5-14(21)10(6-11)8-16-12-2-1-3-13(7-12)20-9-17-18-19-20/h1-9,21H. The van der Waals surface area contributed by atoms with Crippen LogP contribution in [0.15, 0.2) is 53.8 Å². The second-order valence-electron chi connectivity index (χ2n) is 4.24. The van der Waals surface area contributed by atoms with Crippen LogP contribution in [0.25, 0.3) is 5.69 Å². The molecule has 0 bridgehead atoms. The van der Waals surface area contributed by atoms with Crippen molar-refractivity contribution in [2.45, 2.75) is 0 Å². The van der Waals surface area contributed by atoms with Gasteiger partial charge in [0.25, 0.3) is 0 Å². The molecule has 0 aliphatic carbocycles. The van der Waals surface area contributed by atoms with E-state index >= 15 is 0 Å². The SMILES string of the molecule is Oc1ccc(Cl)cc1C=Nc1cccc(-n2cnnn2)c1.